The SMILES string of the molecule is CC(C)(C)OC(=O)N1CCC(Oc2ccc(-c3cc(F)c4c(c3)C(=O)N(C([C-]=O)c3ncn5c3CCC5)C4)cc2)CC1.[Li+].[OH-]. The Morgan fingerprint density at radius 1 is 1.09 bits per heavy atom. The Labute approximate surface area is 268 Å². The van der Waals surface area contributed by atoms with Gasteiger partial charge in [0.1, 0.15) is 23.3 Å². The second kappa shape index (κ2) is 13.1. The molecule has 3 aliphatic rings. The second-order valence-corrected chi connectivity index (χ2v) is 12.1. The molecular formula is C32H35FLiN4O6-. The van der Waals surface area contributed by atoms with Gasteiger partial charge in [0, 0.05) is 55.8 Å². The molecule has 1 aromatic heterocycles. The largest absolute Gasteiger partial charge is 1.00 e. The Bertz CT molecular complexity index is 1530. The Morgan fingerprint density at radius 2 is 1.80 bits per heavy atom. The van der Waals surface area contributed by atoms with E-state index in [0.29, 0.717) is 42.9 Å². The van der Waals surface area contributed by atoms with Crippen LogP contribution in [0.4, 0.5) is 9.18 Å². The number of imidazole rings is 1. The number of benzene rings is 2. The second-order valence-electron chi connectivity index (χ2n) is 12.1. The van der Waals surface area contributed by atoms with Crippen LogP contribution in [-0.2, 0) is 29.0 Å². The van der Waals surface area contributed by atoms with Crippen molar-refractivity contribution in [1.29, 1.82) is 0 Å². The summed E-state index contributed by atoms with van der Waals surface area (Å²) in [6.07, 6.45) is 6.45. The maximum Gasteiger partial charge on any atom is 1.00 e. The summed E-state index contributed by atoms with van der Waals surface area (Å²) in [6.45, 7) is 7.49. The van der Waals surface area contributed by atoms with Crippen molar-refractivity contribution in [2.45, 2.75) is 77.3 Å². The number of aromatic nitrogens is 2. The first-order valence-corrected chi connectivity index (χ1v) is 14.4. The summed E-state index contributed by atoms with van der Waals surface area (Å²) in [5, 5.41) is 0. The first-order valence-electron chi connectivity index (χ1n) is 14.4. The average molecular weight is 598 g/mol. The number of piperidine rings is 1. The molecule has 0 aliphatic carbocycles. The number of carbonyl (C=O) groups is 2. The molecule has 0 bridgehead atoms. The first-order chi connectivity index (χ1) is 20.1. The summed E-state index contributed by atoms with van der Waals surface area (Å²) in [5.41, 5.74) is 2.75. The minimum Gasteiger partial charge on any atom is -0.870 e. The quantitative estimate of drug-likeness (QED) is 0.315. The normalized spacial score (nSPS) is 16.9. The van der Waals surface area contributed by atoms with Gasteiger partial charge in [-0.25, -0.2) is 20.5 Å². The number of hydrogen-bond donors (Lipinski definition) is 0. The van der Waals surface area contributed by atoms with Crippen LogP contribution in [0.15, 0.2) is 42.7 Å². The van der Waals surface area contributed by atoms with Gasteiger partial charge >= 0.3 is 25.0 Å². The van der Waals surface area contributed by atoms with Crippen LogP contribution in [0.2, 0.25) is 0 Å². The molecule has 0 radical (unpaired) electrons. The van der Waals surface area contributed by atoms with Gasteiger partial charge < -0.3 is 34.1 Å². The molecule has 2 amide bonds. The Kier molecular flexibility index (Phi) is 9.93. The molecule has 6 rings (SSSR count). The zero-order valence-corrected chi connectivity index (χ0v) is 25.5. The molecule has 3 aromatic rings. The summed E-state index contributed by atoms with van der Waals surface area (Å²) >= 11 is 0. The van der Waals surface area contributed by atoms with Crippen molar-refractivity contribution in [2.24, 2.45) is 0 Å². The van der Waals surface area contributed by atoms with Crippen molar-refractivity contribution in [3.8, 4) is 16.9 Å². The minimum atomic E-state index is -0.977. The first kappa shape index (κ1) is 33.2. The number of aryl methyl sites for hydroxylation is 1. The number of fused-ring (bicyclic) bond motifs is 2. The molecule has 3 aliphatic heterocycles. The summed E-state index contributed by atoms with van der Waals surface area (Å²) in [6, 6.07) is 9.44. The Morgan fingerprint density at radius 3 is 2.45 bits per heavy atom. The smallest absolute Gasteiger partial charge is 0.870 e. The van der Waals surface area contributed by atoms with Crippen LogP contribution in [-0.4, -0.2) is 67.9 Å². The molecule has 44 heavy (non-hydrogen) atoms. The van der Waals surface area contributed by atoms with Crippen LogP contribution in [0, 0.1) is 5.82 Å². The van der Waals surface area contributed by atoms with Crippen molar-refractivity contribution in [3.05, 3.63) is 71.1 Å². The average Bonchev–Trinajstić information content (AvgIpc) is 3.66. The van der Waals surface area contributed by atoms with Gasteiger partial charge in [0.2, 0.25) is 0 Å². The van der Waals surface area contributed by atoms with E-state index in [0.717, 1.165) is 30.6 Å². The number of nitrogens with zero attached hydrogens (tertiary/aromatic N) is 4. The molecule has 0 spiro atoms. The molecule has 2 aromatic carbocycles. The zero-order chi connectivity index (χ0) is 29.6. The Hall–Kier alpha value is -3.65. The van der Waals surface area contributed by atoms with Crippen molar-refractivity contribution in [1.82, 2.24) is 19.4 Å². The molecule has 1 atom stereocenters. The fourth-order valence-corrected chi connectivity index (χ4v) is 5.96. The number of hydrogen-bond acceptors (Lipinski definition) is 7. The molecule has 1 saturated heterocycles. The molecule has 10 nitrogen and oxygen atoms in total. The van der Waals surface area contributed by atoms with Crippen molar-refractivity contribution in [3.63, 3.8) is 0 Å². The van der Waals surface area contributed by atoms with Gasteiger partial charge in [-0.05, 0) is 75.0 Å². The van der Waals surface area contributed by atoms with E-state index in [2.05, 4.69) is 4.98 Å². The molecule has 12 heteroatoms. The predicted octanol–water partition coefficient (Wildman–Crippen LogP) is 2.05. The molecule has 228 valence electrons. The monoisotopic (exact) mass is 597 g/mol. The molecule has 4 heterocycles. The third-order valence-electron chi connectivity index (χ3n) is 8.07. The predicted molar refractivity (Wildman–Crippen MR) is 154 cm³/mol. The van der Waals surface area contributed by atoms with Gasteiger partial charge in [0.15, 0.2) is 0 Å². The van der Waals surface area contributed by atoms with E-state index >= 15 is 4.39 Å². The standard InChI is InChI=1S/C32H34FN4O5.Li.H2O/c1-32(2,3)42-31(40)35-13-10-23(11-14-35)41-22-8-6-20(7-9-22)21-15-24-25(26(33)16-21)17-37(30(24)39)28(18-38)29-27-5-4-12-36(27)19-34-29;;/h6-9,15-16,19,23,28H,4-5,10-14,17H2,1-3H3;;1H2/q-1;+1;/p-1. The van der Waals surface area contributed by atoms with Gasteiger partial charge in [-0.15, -0.1) is 0 Å². The third-order valence-corrected chi connectivity index (χ3v) is 8.07. The van der Waals surface area contributed by atoms with E-state index in [-0.39, 0.29) is 54.2 Å². The van der Waals surface area contributed by atoms with Crippen LogP contribution >= 0.6 is 0 Å². The topological polar surface area (TPSA) is 124 Å². The maximum absolute atomic E-state index is 15.3. The van der Waals surface area contributed by atoms with Gasteiger partial charge in [-0.2, -0.15) is 0 Å². The van der Waals surface area contributed by atoms with Gasteiger partial charge in [-0.1, -0.05) is 12.1 Å². The molecule has 1 unspecified atom stereocenters. The molecule has 0 saturated carbocycles. The van der Waals surface area contributed by atoms with E-state index in [1.807, 2.05) is 55.9 Å². The van der Waals surface area contributed by atoms with E-state index in [1.54, 1.807) is 17.3 Å². The summed E-state index contributed by atoms with van der Waals surface area (Å²) in [4.78, 5) is 45.2. The van der Waals surface area contributed by atoms with Crippen LogP contribution < -0.4 is 23.6 Å². The number of amides is 2. The number of likely N-dealkylation sites (tertiary alicyclic amines) is 1. The van der Waals surface area contributed by atoms with Gasteiger partial charge in [-0.3, -0.25) is 4.79 Å². The van der Waals surface area contributed by atoms with Crippen LogP contribution in [0.25, 0.3) is 11.1 Å². The number of halogens is 1. The van der Waals surface area contributed by atoms with Gasteiger partial charge in [0.25, 0.3) is 5.91 Å². The van der Waals surface area contributed by atoms with E-state index in [9.17, 15) is 14.4 Å². The molecular weight excluding hydrogens is 562 g/mol. The number of carbonyl (C=O) groups excluding carboxylic acids is 3. The fourth-order valence-electron chi connectivity index (χ4n) is 5.96. The van der Waals surface area contributed by atoms with Crippen LogP contribution in [0.3, 0.4) is 0 Å². The van der Waals surface area contributed by atoms with Gasteiger partial charge in [0.05, 0.1) is 12.0 Å². The zero-order valence-electron chi connectivity index (χ0n) is 25.5. The van der Waals surface area contributed by atoms with E-state index in [1.165, 1.54) is 11.0 Å². The maximum atomic E-state index is 15.3. The number of ether oxygens (including phenoxy) is 2. The van der Waals surface area contributed by atoms with Crippen molar-refractivity contribution < 1.29 is 52.6 Å². The van der Waals surface area contributed by atoms with Crippen LogP contribution in [0.1, 0.15) is 73.4 Å². The van der Waals surface area contributed by atoms with E-state index in [4.69, 9.17) is 9.47 Å². The fraction of sp³-hybridized carbons (Fsp3) is 0.438. The summed E-state index contributed by atoms with van der Waals surface area (Å²) in [7, 11) is 0. The minimum absolute atomic E-state index is 0. The molecule has 1 fully saturated rings. The van der Waals surface area contributed by atoms with Crippen LogP contribution in [0.5, 0.6) is 5.75 Å². The number of rotatable bonds is 6. The third kappa shape index (κ3) is 6.55. The summed E-state index contributed by atoms with van der Waals surface area (Å²) in [5.74, 6) is -0.220. The van der Waals surface area contributed by atoms with Crippen molar-refractivity contribution >= 4 is 18.3 Å². The van der Waals surface area contributed by atoms with E-state index < -0.39 is 23.4 Å². The van der Waals surface area contributed by atoms with Crippen molar-refractivity contribution in [2.75, 3.05) is 13.1 Å². The Balaban J connectivity index is 0.00000221. The summed E-state index contributed by atoms with van der Waals surface area (Å²) < 4.78 is 28.9. The molecule has 1 N–H and O–H groups in total.